The molecule has 1 unspecified atom stereocenters. The summed E-state index contributed by atoms with van der Waals surface area (Å²) in [6, 6.07) is 11.5. The molecule has 0 fully saturated rings. The molecule has 2 heterocycles. The average Bonchev–Trinajstić information content (AvgIpc) is 2.47. The van der Waals surface area contributed by atoms with Crippen LogP contribution in [0.25, 0.3) is 0 Å². The Hall–Kier alpha value is -1.94. The van der Waals surface area contributed by atoms with Crippen molar-refractivity contribution in [2.45, 2.75) is 12.5 Å². The second-order valence-corrected chi connectivity index (χ2v) is 4.93. The Morgan fingerprint density at radius 2 is 2.11 bits per heavy atom. The van der Waals surface area contributed by atoms with E-state index >= 15 is 0 Å². The molecule has 3 rings (SSSR count). The molecule has 0 saturated carbocycles. The summed E-state index contributed by atoms with van der Waals surface area (Å²) in [5.41, 5.74) is 9.12. The van der Waals surface area contributed by atoms with Crippen LogP contribution in [0.5, 0.6) is 0 Å². The molecule has 1 aromatic heterocycles. The summed E-state index contributed by atoms with van der Waals surface area (Å²) in [7, 11) is 0. The molecule has 4 heteroatoms. The third-order valence-electron chi connectivity index (χ3n) is 3.64. The average molecular weight is 257 g/mol. The molecule has 19 heavy (non-hydrogen) atoms. The van der Waals surface area contributed by atoms with Gasteiger partial charge in [0.25, 0.3) is 0 Å². The molecule has 0 aliphatic carbocycles. The second-order valence-electron chi connectivity index (χ2n) is 4.93. The SMILES string of the molecule is N[C@H](c1ccccc1)C1CNc2cc(F)cnc2C1. The number of hydrogen-bond donors (Lipinski definition) is 2. The Balaban J connectivity index is 1.80. The number of fused-ring (bicyclic) bond motifs is 1. The Labute approximate surface area is 111 Å². The minimum atomic E-state index is -0.308. The molecule has 2 aromatic rings. The topological polar surface area (TPSA) is 50.9 Å². The van der Waals surface area contributed by atoms with Gasteiger partial charge in [-0.05, 0) is 12.0 Å². The lowest BCUT2D eigenvalue weighted by Crippen LogP contribution is -2.33. The number of nitrogens with one attached hydrogen (secondary N) is 1. The summed E-state index contributed by atoms with van der Waals surface area (Å²) in [5.74, 6) is -0.0371. The standard InChI is InChI=1S/C15H16FN3/c16-12-7-14-13(19-9-12)6-11(8-18-14)15(17)10-4-2-1-3-5-10/h1-5,7,9,11,15,18H,6,8,17H2/t11?,15-/m1/s1. The summed E-state index contributed by atoms with van der Waals surface area (Å²) in [6.45, 7) is 0.744. The smallest absolute Gasteiger partial charge is 0.143 e. The number of nitrogens with two attached hydrogens (primary N) is 1. The fraction of sp³-hybridized carbons (Fsp3) is 0.267. The van der Waals surface area contributed by atoms with Crippen LogP contribution in [0.15, 0.2) is 42.6 Å². The normalized spacial score (nSPS) is 19.4. The number of halogens is 1. The summed E-state index contributed by atoms with van der Waals surface area (Å²) in [5, 5.41) is 3.22. The molecular weight excluding hydrogens is 241 g/mol. The first-order valence-corrected chi connectivity index (χ1v) is 6.43. The van der Waals surface area contributed by atoms with Gasteiger partial charge in [0.05, 0.1) is 17.6 Å². The molecule has 98 valence electrons. The van der Waals surface area contributed by atoms with Crippen LogP contribution < -0.4 is 11.1 Å². The lowest BCUT2D eigenvalue weighted by Gasteiger charge is -2.30. The van der Waals surface area contributed by atoms with E-state index in [0.717, 1.165) is 29.9 Å². The number of rotatable bonds is 2. The summed E-state index contributed by atoms with van der Waals surface area (Å²) in [4.78, 5) is 4.15. The van der Waals surface area contributed by atoms with Crippen molar-refractivity contribution in [2.75, 3.05) is 11.9 Å². The zero-order valence-corrected chi connectivity index (χ0v) is 10.5. The number of anilines is 1. The van der Waals surface area contributed by atoms with Gasteiger partial charge in [0.2, 0.25) is 0 Å². The van der Waals surface area contributed by atoms with Crippen molar-refractivity contribution in [1.29, 1.82) is 0 Å². The van der Waals surface area contributed by atoms with Gasteiger partial charge in [0.1, 0.15) is 5.82 Å². The maximum Gasteiger partial charge on any atom is 0.143 e. The van der Waals surface area contributed by atoms with Gasteiger partial charge in [-0.15, -0.1) is 0 Å². The van der Waals surface area contributed by atoms with E-state index in [1.54, 1.807) is 0 Å². The molecule has 1 aliphatic heterocycles. The highest BCUT2D eigenvalue weighted by atomic mass is 19.1. The third kappa shape index (κ3) is 2.44. The van der Waals surface area contributed by atoms with Crippen molar-refractivity contribution >= 4 is 5.69 Å². The van der Waals surface area contributed by atoms with Crippen molar-refractivity contribution in [1.82, 2.24) is 4.98 Å². The van der Waals surface area contributed by atoms with Crippen LogP contribution in [0.3, 0.4) is 0 Å². The van der Waals surface area contributed by atoms with Gasteiger partial charge in [0.15, 0.2) is 0 Å². The van der Waals surface area contributed by atoms with E-state index in [9.17, 15) is 4.39 Å². The Bertz CT molecular complexity index is 571. The highest BCUT2D eigenvalue weighted by molar-refractivity contribution is 5.50. The number of nitrogens with zero attached hydrogens (tertiary/aromatic N) is 1. The largest absolute Gasteiger partial charge is 0.383 e. The minimum absolute atomic E-state index is 0.0336. The first-order chi connectivity index (χ1) is 9.24. The van der Waals surface area contributed by atoms with Crippen molar-refractivity contribution in [3.63, 3.8) is 0 Å². The van der Waals surface area contributed by atoms with Crippen LogP contribution in [-0.4, -0.2) is 11.5 Å². The number of pyridine rings is 1. The van der Waals surface area contributed by atoms with Gasteiger partial charge >= 0.3 is 0 Å². The molecule has 0 radical (unpaired) electrons. The summed E-state index contributed by atoms with van der Waals surface area (Å²) < 4.78 is 13.1. The molecule has 3 N–H and O–H groups in total. The predicted molar refractivity (Wildman–Crippen MR) is 73.2 cm³/mol. The van der Waals surface area contributed by atoms with Crippen LogP contribution in [0.4, 0.5) is 10.1 Å². The maximum atomic E-state index is 13.1. The molecular formula is C15H16FN3. The monoisotopic (exact) mass is 257 g/mol. The van der Waals surface area contributed by atoms with Crippen LogP contribution in [0.1, 0.15) is 17.3 Å². The first kappa shape index (κ1) is 12.1. The molecule has 1 aliphatic rings. The number of benzene rings is 1. The van der Waals surface area contributed by atoms with Gasteiger partial charge in [-0.2, -0.15) is 0 Å². The van der Waals surface area contributed by atoms with E-state index in [0.29, 0.717) is 0 Å². The zero-order chi connectivity index (χ0) is 13.2. The fourth-order valence-corrected chi connectivity index (χ4v) is 2.55. The summed E-state index contributed by atoms with van der Waals surface area (Å²) >= 11 is 0. The van der Waals surface area contributed by atoms with Crippen LogP contribution in [-0.2, 0) is 6.42 Å². The van der Waals surface area contributed by atoms with E-state index in [4.69, 9.17) is 5.73 Å². The van der Waals surface area contributed by atoms with E-state index in [1.165, 1.54) is 12.3 Å². The van der Waals surface area contributed by atoms with Crippen molar-refractivity contribution in [3.05, 3.63) is 59.7 Å². The molecule has 0 bridgehead atoms. The quantitative estimate of drug-likeness (QED) is 0.869. The Morgan fingerprint density at radius 3 is 2.89 bits per heavy atom. The van der Waals surface area contributed by atoms with E-state index in [-0.39, 0.29) is 17.8 Å². The zero-order valence-electron chi connectivity index (χ0n) is 10.5. The first-order valence-electron chi connectivity index (χ1n) is 6.43. The predicted octanol–water partition coefficient (Wildman–Crippen LogP) is 2.50. The third-order valence-corrected chi connectivity index (χ3v) is 3.64. The lowest BCUT2D eigenvalue weighted by atomic mass is 9.87. The second kappa shape index (κ2) is 4.97. The van der Waals surface area contributed by atoms with Crippen molar-refractivity contribution < 1.29 is 4.39 Å². The molecule has 3 nitrogen and oxygen atoms in total. The van der Waals surface area contributed by atoms with Crippen molar-refractivity contribution in [3.8, 4) is 0 Å². The maximum absolute atomic E-state index is 13.1. The molecule has 0 amide bonds. The van der Waals surface area contributed by atoms with E-state index < -0.39 is 0 Å². The molecule has 1 aromatic carbocycles. The van der Waals surface area contributed by atoms with Gasteiger partial charge in [-0.25, -0.2) is 4.39 Å². The van der Waals surface area contributed by atoms with Crippen molar-refractivity contribution in [2.24, 2.45) is 11.7 Å². The fourth-order valence-electron chi connectivity index (χ4n) is 2.55. The van der Waals surface area contributed by atoms with E-state index in [2.05, 4.69) is 10.3 Å². The van der Waals surface area contributed by atoms with E-state index in [1.807, 2.05) is 30.3 Å². The van der Waals surface area contributed by atoms with Gasteiger partial charge < -0.3 is 11.1 Å². The molecule has 0 spiro atoms. The Kier molecular flexibility index (Phi) is 3.17. The number of aromatic nitrogens is 1. The molecule has 0 saturated heterocycles. The van der Waals surface area contributed by atoms with Gasteiger partial charge in [-0.1, -0.05) is 30.3 Å². The molecule has 2 atom stereocenters. The van der Waals surface area contributed by atoms with Crippen LogP contribution >= 0.6 is 0 Å². The van der Waals surface area contributed by atoms with Crippen LogP contribution in [0, 0.1) is 11.7 Å². The minimum Gasteiger partial charge on any atom is -0.383 e. The summed E-state index contributed by atoms with van der Waals surface area (Å²) in [6.07, 6.45) is 2.04. The Morgan fingerprint density at radius 1 is 1.32 bits per heavy atom. The highest BCUT2D eigenvalue weighted by Crippen LogP contribution is 2.29. The highest BCUT2D eigenvalue weighted by Gasteiger charge is 2.25. The van der Waals surface area contributed by atoms with Gasteiger partial charge in [-0.3, -0.25) is 4.98 Å². The lowest BCUT2D eigenvalue weighted by molar-refractivity contribution is 0.434. The number of hydrogen-bond acceptors (Lipinski definition) is 3. The van der Waals surface area contributed by atoms with Crippen LogP contribution in [0.2, 0.25) is 0 Å². The van der Waals surface area contributed by atoms with Gasteiger partial charge in [0, 0.05) is 24.6 Å².